The molecular formula is C35H40ClN5O5. The van der Waals surface area contributed by atoms with Gasteiger partial charge in [-0.1, -0.05) is 23.7 Å². The Hall–Kier alpha value is -3.89. The van der Waals surface area contributed by atoms with E-state index < -0.39 is 11.6 Å². The first-order valence-corrected chi connectivity index (χ1v) is 16.4. The first-order valence-electron chi connectivity index (χ1n) is 16.0. The second-order valence-corrected chi connectivity index (χ2v) is 14.6. The Labute approximate surface area is 273 Å². The quantitative estimate of drug-likeness (QED) is 0.236. The predicted octanol–water partition coefficient (Wildman–Crippen LogP) is 7.81. The van der Waals surface area contributed by atoms with Crippen LogP contribution < -0.4 is 0 Å². The molecule has 0 bridgehead atoms. The second-order valence-electron chi connectivity index (χ2n) is 14.3. The number of ether oxygens (including phenoxy) is 2. The van der Waals surface area contributed by atoms with Crippen LogP contribution in [0.3, 0.4) is 0 Å². The van der Waals surface area contributed by atoms with Gasteiger partial charge in [-0.05, 0) is 90.5 Å². The predicted molar refractivity (Wildman–Crippen MR) is 175 cm³/mol. The molecule has 1 unspecified atom stereocenters. The molecule has 10 nitrogen and oxygen atoms in total. The van der Waals surface area contributed by atoms with Crippen molar-refractivity contribution < 1.29 is 24.2 Å². The SMILES string of the molecule is Cc1cc2c(cnn2C2CCCCO2)c(-c2c(-c3ccc(C(=O)O)cc3)nn(C3CC4(C3)CN(C(=O)OC(C)(C)C)C4)c2C)c1Cl. The molecule has 2 saturated heterocycles. The van der Waals surface area contributed by atoms with Crippen molar-refractivity contribution >= 4 is 34.6 Å². The van der Waals surface area contributed by atoms with Crippen molar-refractivity contribution in [2.75, 3.05) is 19.7 Å². The van der Waals surface area contributed by atoms with E-state index in [0.29, 0.717) is 24.7 Å². The fourth-order valence-electron chi connectivity index (χ4n) is 7.42. The van der Waals surface area contributed by atoms with Crippen LogP contribution in [0.15, 0.2) is 36.5 Å². The van der Waals surface area contributed by atoms with Crippen LogP contribution in [0.4, 0.5) is 4.79 Å². The molecule has 46 heavy (non-hydrogen) atoms. The molecule has 2 aromatic carbocycles. The van der Waals surface area contributed by atoms with Gasteiger partial charge in [0.2, 0.25) is 0 Å². The lowest BCUT2D eigenvalue weighted by Gasteiger charge is -2.58. The zero-order valence-electron chi connectivity index (χ0n) is 27.0. The summed E-state index contributed by atoms with van der Waals surface area (Å²) < 4.78 is 15.8. The molecule has 1 atom stereocenters. The van der Waals surface area contributed by atoms with Gasteiger partial charge in [-0.3, -0.25) is 4.68 Å². The molecule has 4 aromatic rings. The largest absolute Gasteiger partial charge is 0.478 e. The number of rotatable bonds is 5. The highest BCUT2D eigenvalue weighted by molar-refractivity contribution is 6.36. The summed E-state index contributed by atoms with van der Waals surface area (Å²) in [4.78, 5) is 26.0. The minimum atomic E-state index is -0.977. The number of carbonyl (C=O) groups is 2. The molecule has 242 valence electrons. The van der Waals surface area contributed by atoms with E-state index in [1.165, 1.54) is 0 Å². The Morgan fingerprint density at radius 2 is 1.78 bits per heavy atom. The summed E-state index contributed by atoms with van der Waals surface area (Å²) in [6, 6.07) is 9.08. The maximum absolute atomic E-state index is 12.6. The molecule has 11 heteroatoms. The number of hydrogen-bond donors (Lipinski definition) is 1. The molecule has 0 radical (unpaired) electrons. The molecule has 2 aromatic heterocycles. The summed E-state index contributed by atoms with van der Waals surface area (Å²) in [5, 5.41) is 21.1. The number of aryl methyl sites for hydroxylation is 1. The highest BCUT2D eigenvalue weighted by Crippen LogP contribution is 2.55. The number of likely N-dealkylation sites (tertiary alicyclic amines) is 1. The van der Waals surface area contributed by atoms with Gasteiger partial charge in [0, 0.05) is 52.9 Å². The number of fused-ring (bicyclic) bond motifs is 1. The lowest BCUT2D eigenvalue weighted by molar-refractivity contribution is -0.0930. The minimum Gasteiger partial charge on any atom is -0.478 e. The van der Waals surface area contributed by atoms with Gasteiger partial charge in [-0.15, -0.1) is 0 Å². The van der Waals surface area contributed by atoms with Crippen molar-refractivity contribution in [1.29, 1.82) is 0 Å². The third-order valence-electron chi connectivity index (χ3n) is 9.64. The number of benzene rings is 2. The van der Waals surface area contributed by atoms with Gasteiger partial charge in [-0.25, -0.2) is 14.3 Å². The third-order valence-corrected chi connectivity index (χ3v) is 10.1. The van der Waals surface area contributed by atoms with E-state index in [1.807, 2.05) is 50.7 Å². The van der Waals surface area contributed by atoms with E-state index in [1.54, 1.807) is 17.0 Å². The maximum Gasteiger partial charge on any atom is 0.410 e. The van der Waals surface area contributed by atoms with Crippen LogP contribution in [0, 0.1) is 19.3 Å². The molecule has 1 aliphatic carbocycles. The molecule has 3 aliphatic rings. The number of halogens is 1. The number of amides is 1. The first-order chi connectivity index (χ1) is 21.8. The Morgan fingerprint density at radius 3 is 2.41 bits per heavy atom. The summed E-state index contributed by atoms with van der Waals surface area (Å²) >= 11 is 7.17. The number of carbonyl (C=O) groups excluding carboxylic acids is 1. The molecule has 1 spiro atoms. The van der Waals surface area contributed by atoms with Crippen molar-refractivity contribution in [3.63, 3.8) is 0 Å². The van der Waals surface area contributed by atoms with E-state index >= 15 is 0 Å². The van der Waals surface area contributed by atoms with Gasteiger partial charge in [-0.2, -0.15) is 10.2 Å². The molecule has 4 heterocycles. The standard InChI is InChI=1S/C35H40ClN5O5/c1-20-14-26-25(17-37-41(26)27-8-6-7-13-45-27)29(30(20)36)28-21(2)40(38-31(28)22-9-11-23(12-10-22)32(42)43)24-15-35(16-24)18-39(19-35)33(44)46-34(3,4)5/h9-12,14,17,24,27H,6-8,13,15-16,18-19H2,1-5H3,(H,42,43). The smallest absolute Gasteiger partial charge is 0.410 e. The van der Waals surface area contributed by atoms with Gasteiger partial charge >= 0.3 is 12.1 Å². The minimum absolute atomic E-state index is 0.0683. The summed E-state index contributed by atoms with van der Waals surface area (Å²) in [6.45, 7) is 11.8. The van der Waals surface area contributed by atoms with E-state index in [0.717, 1.165) is 76.6 Å². The van der Waals surface area contributed by atoms with Crippen LogP contribution in [0.1, 0.15) is 86.8 Å². The molecule has 1 saturated carbocycles. The monoisotopic (exact) mass is 645 g/mol. The van der Waals surface area contributed by atoms with E-state index in [2.05, 4.69) is 17.7 Å². The number of aromatic nitrogens is 4. The van der Waals surface area contributed by atoms with Crippen LogP contribution in [0.25, 0.3) is 33.3 Å². The van der Waals surface area contributed by atoms with Crippen LogP contribution in [-0.2, 0) is 9.47 Å². The maximum atomic E-state index is 12.6. The van der Waals surface area contributed by atoms with Crippen molar-refractivity contribution in [3.05, 3.63) is 58.4 Å². The molecule has 2 aliphatic heterocycles. The number of carboxylic acid groups (broad SMARTS) is 1. The average molecular weight is 646 g/mol. The van der Waals surface area contributed by atoms with Crippen molar-refractivity contribution in [2.24, 2.45) is 5.41 Å². The topological polar surface area (TPSA) is 112 Å². The normalized spacial score (nSPS) is 19.7. The van der Waals surface area contributed by atoms with E-state index in [-0.39, 0.29) is 29.3 Å². The number of carboxylic acids is 1. The fraction of sp³-hybridized carbons (Fsp3) is 0.486. The number of aromatic carboxylic acids is 1. The first kappa shape index (κ1) is 30.7. The van der Waals surface area contributed by atoms with E-state index in [9.17, 15) is 14.7 Å². The molecule has 7 rings (SSSR count). The van der Waals surface area contributed by atoms with Crippen molar-refractivity contribution in [2.45, 2.75) is 84.6 Å². The fourth-order valence-corrected chi connectivity index (χ4v) is 7.67. The third kappa shape index (κ3) is 5.25. The summed E-state index contributed by atoms with van der Waals surface area (Å²) in [6.07, 6.45) is 6.34. The number of hydrogen-bond acceptors (Lipinski definition) is 6. The highest BCUT2D eigenvalue weighted by atomic mass is 35.5. The Morgan fingerprint density at radius 1 is 1.07 bits per heavy atom. The molecule has 1 amide bonds. The van der Waals surface area contributed by atoms with Crippen molar-refractivity contribution in [3.8, 4) is 22.4 Å². The van der Waals surface area contributed by atoms with Crippen LogP contribution in [-0.4, -0.2) is 66.9 Å². The van der Waals surface area contributed by atoms with Gasteiger partial charge in [0.25, 0.3) is 0 Å². The van der Waals surface area contributed by atoms with Gasteiger partial charge < -0.3 is 19.5 Å². The van der Waals surface area contributed by atoms with Gasteiger partial charge in [0.1, 0.15) is 11.3 Å². The molecule has 1 N–H and O–H groups in total. The van der Waals surface area contributed by atoms with E-state index in [4.69, 9.17) is 31.3 Å². The Kier molecular flexibility index (Phi) is 7.44. The second kappa shape index (κ2) is 11.1. The van der Waals surface area contributed by atoms with Gasteiger partial charge in [0.15, 0.2) is 6.23 Å². The van der Waals surface area contributed by atoms with Crippen LogP contribution in [0.5, 0.6) is 0 Å². The summed E-state index contributed by atoms with van der Waals surface area (Å²) in [5.41, 5.74) is 5.97. The summed E-state index contributed by atoms with van der Waals surface area (Å²) in [5.74, 6) is -0.977. The Balaban J connectivity index is 1.28. The van der Waals surface area contributed by atoms with Gasteiger partial charge in [0.05, 0.1) is 28.3 Å². The lowest BCUT2D eigenvalue weighted by Crippen LogP contribution is -2.64. The zero-order chi connectivity index (χ0) is 32.5. The molecular weight excluding hydrogens is 606 g/mol. The zero-order valence-corrected chi connectivity index (χ0v) is 27.7. The molecule has 3 fully saturated rings. The highest BCUT2D eigenvalue weighted by Gasteiger charge is 2.55. The number of nitrogens with zero attached hydrogens (tertiary/aromatic N) is 5. The lowest BCUT2D eigenvalue weighted by atomic mass is 9.61. The van der Waals surface area contributed by atoms with Crippen molar-refractivity contribution in [1.82, 2.24) is 24.5 Å². The summed E-state index contributed by atoms with van der Waals surface area (Å²) in [7, 11) is 0. The van der Waals surface area contributed by atoms with Crippen LogP contribution in [0.2, 0.25) is 5.02 Å². The average Bonchev–Trinajstić information content (AvgIpc) is 3.53. The Bertz CT molecular complexity index is 1830. The van der Waals surface area contributed by atoms with Crippen LogP contribution >= 0.6 is 11.6 Å².